The Kier molecular flexibility index (Phi) is 14.7. The van der Waals surface area contributed by atoms with Crippen LogP contribution in [0.25, 0.3) is 0 Å². The number of hydrogen-bond acceptors (Lipinski definition) is 10. The molecule has 0 saturated heterocycles. The molecule has 1 heterocycles. The van der Waals surface area contributed by atoms with Gasteiger partial charge in [-0.3, -0.25) is 9.78 Å². The summed E-state index contributed by atoms with van der Waals surface area (Å²) < 4.78 is 10.3. The van der Waals surface area contributed by atoms with Gasteiger partial charge in [0.2, 0.25) is 5.91 Å². The molecule has 3 aromatic rings. The van der Waals surface area contributed by atoms with Crippen LogP contribution in [0.4, 0.5) is 9.59 Å². The Labute approximate surface area is 266 Å². The van der Waals surface area contributed by atoms with Gasteiger partial charge in [-0.1, -0.05) is 74.5 Å². The van der Waals surface area contributed by atoms with Crippen molar-refractivity contribution in [2.45, 2.75) is 70.1 Å². The van der Waals surface area contributed by atoms with Crippen LogP contribution in [0, 0.1) is 5.92 Å². The van der Waals surface area contributed by atoms with Crippen LogP contribution in [-0.4, -0.2) is 81.9 Å². The van der Waals surface area contributed by atoms with Gasteiger partial charge in [0.15, 0.2) is 0 Å². The van der Waals surface area contributed by atoms with Crippen molar-refractivity contribution in [3.05, 3.63) is 88.4 Å². The molecule has 13 heteroatoms. The average molecular weight is 643 g/mol. The lowest BCUT2D eigenvalue weighted by atomic mass is 9.93. The van der Waals surface area contributed by atoms with E-state index in [0.29, 0.717) is 12.8 Å². The SMILES string of the molecule is CC(C)[C@H](NC(=O)OCC(O)CO)C(=O)NC(Cc1ccccc1)CC(O)C(Cc1ccccc1)NC(=O)OCc1cncs1. The van der Waals surface area contributed by atoms with Gasteiger partial charge in [-0.2, -0.15) is 0 Å². The van der Waals surface area contributed by atoms with E-state index in [1.165, 1.54) is 11.3 Å². The number of carbonyl (C=O) groups excluding carboxylic acids is 3. The summed E-state index contributed by atoms with van der Waals surface area (Å²) in [4.78, 5) is 43.3. The summed E-state index contributed by atoms with van der Waals surface area (Å²) in [6.45, 7) is 2.55. The van der Waals surface area contributed by atoms with Crippen LogP contribution in [-0.2, 0) is 33.7 Å². The molecule has 0 spiro atoms. The van der Waals surface area contributed by atoms with Crippen LogP contribution < -0.4 is 16.0 Å². The van der Waals surface area contributed by atoms with Gasteiger partial charge >= 0.3 is 12.2 Å². The third-order valence-corrected chi connectivity index (χ3v) is 7.69. The van der Waals surface area contributed by atoms with Gasteiger partial charge in [-0.25, -0.2) is 9.59 Å². The van der Waals surface area contributed by atoms with Gasteiger partial charge in [-0.05, 0) is 36.3 Å². The number of nitrogens with zero attached hydrogens (tertiary/aromatic N) is 1. The van der Waals surface area contributed by atoms with Crippen LogP contribution >= 0.6 is 11.3 Å². The lowest BCUT2D eigenvalue weighted by Crippen LogP contribution is -2.54. The maximum atomic E-state index is 13.5. The Hall–Kier alpha value is -4.04. The van der Waals surface area contributed by atoms with Crippen molar-refractivity contribution in [3.8, 4) is 0 Å². The van der Waals surface area contributed by atoms with Crippen LogP contribution in [0.5, 0.6) is 0 Å². The molecule has 0 fully saturated rings. The molecule has 0 bridgehead atoms. The number of aliphatic hydroxyl groups excluding tert-OH is 3. The number of alkyl carbamates (subject to hydrolysis) is 2. The number of hydrogen-bond donors (Lipinski definition) is 6. The zero-order valence-electron chi connectivity index (χ0n) is 25.4. The second kappa shape index (κ2) is 18.7. The normalized spacial score (nSPS) is 14.4. The molecular weight excluding hydrogens is 600 g/mol. The third-order valence-electron chi connectivity index (χ3n) is 6.93. The first-order valence-electron chi connectivity index (χ1n) is 14.7. The molecule has 244 valence electrons. The molecule has 3 amide bonds. The number of rotatable bonds is 17. The number of aliphatic hydroxyl groups is 3. The van der Waals surface area contributed by atoms with E-state index in [0.717, 1.165) is 16.0 Å². The van der Waals surface area contributed by atoms with Gasteiger partial charge in [0.25, 0.3) is 0 Å². The standard InChI is InChI=1S/C32H42N4O8S/c1-21(2)29(36-32(42)43-18-25(38)17-37)30(40)34-24(13-22-9-5-3-6-10-22)15-28(39)27(14-23-11-7-4-8-12-23)35-31(41)44-19-26-16-33-20-45-26/h3-12,16,20-21,24-25,27-29,37-39H,13-15,17-19H2,1-2H3,(H,34,40)(H,35,41)(H,36,42)/t24?,25?,27?,28?,29-/m0/s1. The third kappa shape index (κ3) is 12.8. The molecule has 0 saturated carbocycles. The molecule has 2 aromatic carbocycles. The molecule has 1 aromatic heterocycles. The minimum Gasteiger partial charge on any atom is -0.447 e. The predicted molar refractivity (Wildman–Crippen MR) is 168 cm³/mol. The first-order valence-corrected chi connectivity index (χ1v) is 15.6. The highest BCUT2D eigenvalue weighted by molar-refractivity contribution is 7.09. The fourth-order valence-corrected chi connectivity index (χ4v) is 5.07. The van der Waals surface area contributed by atoms with E-state index >= 15 is 0 Å². The van der Waals surface area contributed by atoms with Crippen LogP contribution in [0.3, 0.4) is 0 Å². The minimum atomic E-state index is -1.23. The van der Waals surface area contributed by atoms with Crippen LogP contribution in [0.15, 0.2) is 72.4 Å². The van der Waals surface area contributed by atoms with Gasteiger partial charge in [0, 0.05) is 12.2 Å². The van der Waals surface area contributed by atoms with Gasteiger partial charge in [0.1, 0.15) is 25.4 Å². The smallest absolute Gasteiger partial charge is 0.407 e. The van der Waals surface area contributed by atoms with Crippen molar-refractivity contribution in [2.24, 2.45) is 5.92 Å². The fraction of sp³-hybridized carbons (Fsp3) is 0.438. The summed E-state index contributed by atoms with van der Waals surface area (Å²) in [6.07, 6.45) is -1.57. The summed E-state index contributed by atoms with van der Waals surface area (Å²) in [5, 5.41) is 38.2. The van der Waals surface area contributed by atoms with Crippen molar-refractivity contribution in [1.82, 2.24) is 20.9 Å². The molecule has 5 atom stereocenters. The highest BCUT2D eigenvalue weighted by atomic mass is 32.1. The monoisotopic (exact) mass is 642 g/mol. The molecule has 6 N–H and O–H groups in total. The van der Waals surface area contributed by atoms with Gasteiger partial charge in [0.05, 0.1) is 29.1 Å². The van der Waals surface area contributed by atoms with E-state index in [1.807, 2.05) is 60.7 Å². The summed E-state index contributed by atoms with van der Waals surface area (Å²) in [6, 6.07) is 16.5. The van der Waals surface area contributed by atoms with E-state index in [-0.39, 0.29) is 18.9 Å². The lowest BCUT2D eigenvalue weighted by Gasteiger charge is -2.30. The molecule has 0 aliphatic heterocycles. The van der Waals surface area contributed by atoms with Crippen molar-refractivity contribution >= 4 is 29.4 Å². The highest BCUT2D eigenvalue weighted by Gasteiger charge is 2.30. The Morgan fingerprint density at radius 1 is 0.867 bits per heavy atom. The average Bonchev–Trinajstić information content (AvgIpc) is 3.55. The minimum absolute atomic E-state index is 0.0440. The van der Waals surface area contributed by atoms with E-state index in [1.54, 1.807) is 25.6 Å². The molecule has 0 aliphatic carbocycles. The number of carbonyl (C=O) groups is 3. The Morgan fingerprint density at radius 2 is 1.49 bits per heavy atom. The molecule has 3 rings (SSSR count). The predicted octanol–water partition coefficient (Wildman–Crippen LogP) is 2.56. The fourth-order valence-electron chi connectivity index (χ4n) is 4.56. The maximum absolute atomic E-state index is 13.5. The topological polar surface area (TPSA) is 179 Å². The second-order valence-corrected chi connectivity index (χ2v) is 12.0. The van der Waals surface area contributed by atoms with Crippen molar-refractivity contribution in [2.75, 3.05) is 13.2 Å². The zero-order valence-corrected chi connectivity index (χ0v) is 26.2. The van der Waals surface area contributed by atoms with E-state index in [2.05, 4.69) is 20.9 Å². The number of benzene rings is 2. The molecule has 0 aliphatic rings. The number of thiazole rings is 1. The summed E-state index contributed by atoms with van der Waals surface area (Å²) in [5.41, 5.74) is 3.45. The molecule has 45 heavy (non-hydrogen) atoms. The van der Waals surface area contributed by atoms with Crippen molar-refractivity contribution < 1.29 is 39.2 Å². The number of nitrogens with one attached hydrogen (secondary N) is 3. The first kappa shape index (κ1) is 35.4. The van der Waals surface area contributed by atoms with Crippen LogP contribution in [0.1, 0.15) is 36.3 Å². The number of amides is 3. The van der Waals surface area contributed by atoms with E-state index < -0.39 is 61.6 Å². The van der Waals surface area contributed by atoms with E-state index in [4.69, 9.17) is 14.6 Å². The maximum Gasteiger partial charge on any atom is 0.407 e. The van der Waals surface area contributed by atoms with Crippen LogP contribution in [0.2, 0.25) is 0 Å². The molecule has 4 unspecified atom stereocenters. The summed E-state index contributed by atoms with van der Waals surface area (Å²) in [5.74, 6) is -0.822. The lowest BCUT2D eigenvalue weighted by molar-refractivity contribution is -0.125. The van der Waals surface area contributed by atoms with Gasteiger partial charge < -0.3 is 40.7 Å². The highest BCUT2D eigenvalue weighted by Crippen LogP contribution is 2.16. The largest absolute Gasteiger partial charge is 0.447 e. The Morgan fingerprint density at radius 3 is 2.07 bits per heavy atom. The summed E-state index contributed by atoms with van der Waals surface area (Å²) >= 11 is 1.36. The molecule has 0 radical (unpaired) electrons. The van der Waals surface area contributed by atoms with E-state index in [9.17, 15) is 24.6 Å². The first-order chi connectivity index (χ1) is 21.6. The Bertz CT molecular complexity index is 1300. The van der Waals surface area contributed by atoms with Gasteiger partial charge in [-0.15, -0.1) is 11.3 Å². The number of ether oxygens (including phenoxy) is 2. The molecule has 12 nitrogen and oxygen atoms in total. The summed E-state index contributed by atoms with van der Waals surface area (Å²) in [7, 11) is 0. The molecular formula is C32H42N4O8S. The Balaban J connectivity index is 1.75. The second-order valence-electron chi connectivity index (χ2n) is 11.0. The number of aromatic nitrogens is 1. The van der Waals surface area contributed by atoms with Crippen molar-refractivity contribution in [3.63, 3.8) is 0 Å². The van der Waals surface area contributed by atoms with Crippen molar-refractivity contribution in [1.29, 1.82) is 0 Å². The zero-order chi connectivity index (χ0) is 32.6. The quantitative estimate of drug-likeness (QED) is 0.129.